The highest BCUT2D eigenvalue weighted by molar-refractivity contribution is 5.78. The lowest BCUT2D eigenvalue weighted by Gasteiger charge is -2.07. The van der Waals surface area contributed by atoms with Gasteiger partial charge in [0.15, 0.2) is 0 Å². The van der Waals surface area contributed by atoms with Gasteiger partial charge in [0.2, 0.25) is 5.91 Å². The molecule has 0 fully saturated rings. The van der Waals surface area contributed by atoms with Gasteiger partial charge in [0, 0.05) is 6.54 Å². The van der Waals surface area contributed by atoms with Crippen LogP contribution in [0.4, 0.5) is 0 Å². The van der Waals surface area contributed by atoms with Gasteiger partial charge in [-0.25, -0.2) is 0 Å². The maximum Gasteiger partial charge on any atom is 0.224 e. The van der Waals surface area contributed by atoms with Gasteiger partial charge in [-0.1, -0.05) is 18.2 Å². The lowest BCUT2D eigenvalue weighted by Crippen LogP contribution is -2.24. The van der Waals surface area contributed by atoms with E-state index in [1.807, 2.05) is 25.1 Å². The summed E-state index contributed by atoms with van der Waals surface area (Å²) >= 11 is 0. The van der Waals surface area contributed by atoms with E-state index in [-0.39, 0.29) is 5.91 Å². The fourth-order valence-corrected chi connectivity index (χ4v) is 1.41. The predicted molar refractivity (Wildman–Crippen MR) is 64.6 cm³/mol. The molecule has 0 saturated carbocycles. The largest absolute Gasteiger partial charge is 0.496 e. The Balaban J connectivity index is 2.66. The number of rotatable bonds is 5. The van der Waals surface area contributed by atoms with Crippen LogP contribution in [0.2, 0.25) is 0 Å². The fraction of sp³-hybridized carbons (Fsp3) is 0.308. The van der Waals surface area contributed by atoms with E-state index in [2.05, 4.69) is 11.9 Å². The van der Waals surface area contributed by atoms with Crippen LogP contribution in [0.5, 0.6) is 5.75 Å². The number of carbonyl (C=O) groups excluding carboxylic acids is 1. The summed E-state index contributed by atoms with van der Waals surface area (Å²) in [6.45, 7) is 6.02. The average molecular weight is 219 g/mol. The zero-order chi connectivity index (χ0) is 12.0. The molecule has 3 heteroatoms. The molecule has 0 saturated heterocycles. The van der Waals surface area contributed by atoms with Crippen molar-refractivity contribution in [1.82, 2.24) is 5.32 Å². The quantitative estimate of drug-likeness (QED) is 0.767. The van der Waals surface area contributed by atoms with Crippen LogP contribution in [-0.2, 0) is 11.2 Å². The van der Waals surface area contributed by atoms with Gasteiger partial charge in [0.05, 0.1) is 13.5 Å². The number of amides is 1. The van der Waals surface area contributed by atoms with Crippen molar-refractivity contribution in [3.63, 3.8) is 0 Å². The zero-order valence-electron chi connectivity index (χ0n) is 9.75. The monoisotopic (exact) mass is 219 g/mol. The lowest BCUT2D eigenvalue weighted by molar-refractivity contribution is -0.120. The normalized spacial score (nSPS) is 9.62. The smallest absolute Gasteiger partial charge is 0.224 e. The molecule has 0 radical (unpaired) electrons. The van der Waals surface area contributed by atoms with E-state index in [1.165, 1.54) is 0 Å². The Hall–Kier alpha value is -1.77. The summed E-state index contributed by atoms with van der Waals surface area (Å²) in [5.41, 5.74) is 2.02. The number of methoxy groups -OCH3 is 1. The van der Waals surface area contributed by atoms with E-state index in [9.17, 15) is 4.79 Å². The Kier molecular flexibility index (Phi) is 4.58. The van der Waals surface area contributed by atoms with E-state index < -0.39 is 0 Å². The maximum absolute atomic E-state index is 11.5. The first-order valence-electron chi connectivity index (χ1n) is 5.18. The van der Waals surface area contributed by atoms with Gasteiger partial charge >= 0.3 is 0 Å². The minimum atomic E-state index is -0.00851. The number of benzene rings is 1. The summed E-state index contributed by atoms with van der Waals surface area (Å²) in [4.78, 5) is 11.5. The molecule has 0 bridgehead atoms. The molecule has 0 aliphatic heterocycles. The van der Waals surface area contributed by atoms with Crippen LogP contribution < -0.4 is 10.1 Å². The van der Waals surface area contributed by atoms with Crippen LogP contribution in [0, 0.1) is 6.92 Å². The SMILES string of the molecule is C=CCNC(=O)Cc1ccc(C)c(OC)c1. The first-order chi connectivity index (χ1) is 7.67. The van der Waals surface area contributed by atoms with Crippen molar-refractivity contribution in [1.29, 1.82) is 0 Å². The number of carbonyl (C=O) groups is 1. The highest BCUT2D eigenvalue weighted by Gasteiger charge is 2.04. The summed E-state index contributed by atoms with van der Waals surface area (Å²) in [5, 5.41) is 2.74. The van der Waals surface area contributed by atoms with Gasteiger partial charge in [-0.05, 0) is 24.1 Å². The minimum Gasteiger partial charge on any atom is -0.496 e. The third-order valence-electron chi connectivity index (χ3n) is 2.28. The topological polar surface area (TPSA) is 38.3 Å². The predicted octanol–water partition coefficient (Wildman–Crippen LogP) is 1.85. The third kappa shape index (κ3) is 3.42. The van der Waals surface area contributed by atoms with Gasteiger partial charge in [-0.3, -0.25) is 4.79 Å². The lowest BCUT2D eigenvalue weighted by atomic mass is 10.1. The molecule has 0 aliphatic rings. The Labute approximate surface area is 96.1 Å². The molecule has 1 aromatic rings. The van der Waals surface area contributed by atoms with Crippen molar-refractivity contribution in [2.45, 2.75) is 13.3 Å². The van der Waals surface area contributed by atoms with Crippen LogP contribution in [0.15, 0.2) is 30.9 Å². The molecule has 1 N–H and O–H groups in total. The summed E-state index contributed by atoms with van der Waals surface area (Å²) in [6, 6.07) is 5.78. The van der Waals surface area contributed by atoms with Gasteiger partial charge in [0.1, 0.15) is 5.75 Å². The van der Waals surface area contributed by atoms with Crippen LogP contribution in [-0.4, -0.2) is 19.6 Å². The molecule has 16 heavy (non-hydrogen) atoms. The highest BCUT2D eigenvalue weighted by Crippen LogP contribution is 2.19. The zero-order valence-corrected chi connectivity index (χ0v) is 9.75. The second-order valence-corrected chi connectivity index (χ2v) is 3.57. The van der Waals surface area contributed by atoms with Crippen LogP contribution in [0.25, 0.3) is 0 Å². The van der Waals surface area contributed by atoms with Crippen molar-refractivity contribution in [3.05, 3.63) is 42.0 Å². The van der Waals surface area contributed by atoms with Gasteiger partial charge in [-0.15, -0.1) is 6.58 Å². The second kappa shape index (κ2) is 5.95. The van der Waals surface area contributed by atoms with E-state index in [0.717, 1.165) is 16.9 Å². The van der Waals surface area contributed by atoms with E-state index in [0.29, 0.717) is 13.0 Å². The Morgan fingerprint density at radius 1 is 1.56 bits per heavy atom. The number of ether oxygens (including phenoxy) is 1. The third-order valence-corrected chi connectivity index (χ3v) is 2.28. The van der Waals surface area contributed by atoms with Gasteiger partial charge in [-0.2, -0.15) is 0 Å². The maximum atomic E-state index is 11.5. The van der Waals surface area contributed by atoms with Gasteiger partial charge in [0.25, 0.3) is 0 Å². The summed E-state index contributed by atoms with van der Waals surface area (Å²) in [7, 11) is 1.63. The average Bonchev–Trinajstić information content (AvgIpc) is 2.29. The van der Waals surface area contributed by atoms with E-state index in [1.54, 1.807) is 13.2 Å². The Morgan fingerprint density at radius 2 is 2.31 bits per heavy atom. The molecule has 1 amide bonds. The van der Waals surface area contributed by atoms with Crippen molar-refractivity contribution in [2.24, 2.45) is 0 Å². The summed E-state index contributed by atoms with van der Waals surface area (Å²) < 4.78 is 5.20. The standard InChI is InChI=1S/C13H17NO2/c1-4-7-14-13(15)9-11-6-5-10(2)12(8-11)16-3/h4-6,8H,1,7,9H2,2-3H3,(H,14,15). The Morgan fingerprint density at radius 3 is 2.94 bits per heavy atom. The van der Waals surface area contributed by atoms with Crippen molar-refractivity contribution in [2.75, 3.05) is 13.7 Å². The van der Waals surface area contributed by atoms with E-state index >= 15 is 0 Å². The molecule has 0 heterocycles. The van der Waals surface area contributed by atoms with Crippen LogP contribution in [0.3, 0.4) is 0 Å². The number of hydrogen-bond acceptors (Lipinski definition) is 2. The molecule has 0 spiro atoms. The van der Waals surface area contributed by atoms with Crippen molar-refractivity contribution >= 4 is 5.91 Å². The molecule has 0 atom stereocenters. The number of hydrogen-bond donors (Lipinski definition) is 1. The van der Waals surface area contributed by atoms with Crippen LogP contribution >= 0.6 is 0 Å². The highest BCUT2D eigenvalue weighted by atomic mass is 16.5. The number of nitrogens with one attached hydrogen (secondary N) is 1. The van der Waals surface area contributed by atoms with E-state index in [4.69, 9.17) is 4.74 Å². The molecular formula is C13H17NO2. The minimum absolute atomic E-state index is 0.00851. The van der Waals surface area contributed by atoms with Crippen LogP contribution in [0.1, 0.15) is 11.1 Å². The molecule has 1 rings (SSSR count). The molecule has 1 aromatic carbocycles. The molecule has 86 valence electrons. The first kappa shape index (κ1) is 12.3. The molecule has 0 aromatic heterocycles. The van der Waals surface area contributed by atoms with Crippen molar-refractivity contribution < 1.29 is 9.53 Å². The molecule has 0 aliphatic carbocycles. The first-order valence-corrected chi connectivity index (χ1v) is 5.18. The molecular weight excluding hydrogens is 202 g/mol. The van der Waals surface area contributed by atoms with Crippen molar-refractivity contribution in [3.8, 4) is 5.75 Å². The molecule has 3 nitrogen and oxygen atoms in total. The summed E-state index contributed by atoms with van der Waals surface area (Å²) in [6.07, 6.45) is 2.03. The Bertz CT molecular complexity index is 386. The second-order valence-electron chi connectivity index (χ2n) is 3.57. The number of aryl methyl sites for hydroxylation is 1. The van der Waals surface area contributed by atoms with Gasteiger partial charge < -0.3 is 10.1 Å². The fourth-order valence-electron chi connectivity index (χ4n) is 1.41. The molecule has 0 unspecified atom stereocenters. The summed E-state index contributed by atoms with van der Waals surface area (Å²) in [5.74, 6) is 0.805.